The third kappa shape index (κ3) is 2.97. The van der Waals surface area contributed by atoms with E-state index >= 15 is 0 Å². The summed E-state index contributed by atoms with van der Waals surface area (Å²) >= 11 is 5.74. The molecule has 0 fully saturated rings. The molecule has 2 aromatic heterocycles. The van der Waals surface area contributed by atoms with E-state index in [1.165, 1.54) is 12.1 Å². The maximum Gasteiger partial charge on any atom is 0.276 e. The molecule has 0 aromatic carbocycles. The minimum absolute atomic E-state index is 0.0573. The molecule has 2 heterocycles. The summed E-state index contributed by atoms with van der Waals surface area (Å²) in [7, 11) is 1.81. The number of aryl methyl sites for hydroxylation is 1. The molecule has 1 N–H and O–H groups in total. The van der Waals surface area contributed by atoms with Crippen molar-refractivity contribution >= 4 is 23.1 Å². The first kappa shape index (κ1) is 13.2. The summed E-state index contributed by atoms with van der Waals surface area (Å²) in [5, 5.41) is 21.5. The molecule has 0 saturated heterocycles. The van der Waals surface area contributed by atoms with Crippen molar-refractivity contribution in [2.45, 2.75) is 13.0 Å². The Bertz CT molecular complexity index is 614. The van der Waals surface area contributed by atoms with Crippen LogP contribution in [0, 0.1) is 10.1 Å². The van der Waals surface area contributed by atoms with Gasteiger partial charge in [0.05, 0.1) is 23.1 Å². The van der Waals surface area contributed by atoms with Gasteiger partial charge in [-0.1, -0.05) is 11.6 Å². The van der Waals surface area contributed by atoms with Gasteiger partial charge in [0.2, 0.25) is 0 Å². The molecule has 8 nitrogen and oxygen atoms in total. The molecule has 0 aliphatic carbocycles. The van der Waals surface area contributed by atoms with Gasteiger partial charge in [-0.05, 0) is 6.92 Å². The van der Waals surface area contributed by atoms with Gasteiger partial charge in [0.15, 0.2) is 5.82 Å². The zero-order valence-corrected chi connectivity index (χ0v) is 11.0. The smallest absolute Gasteiger partial charge is 0.276 e. The number of aromatic nitrogens is 4. The Hall–Kier alpha value is -2.22. The Morgan fingerprint density at radius 2 is 2.26 bits per heavy atom. The second-order valence-electron chi connectivity index (χ2n) is 3.96. The van der Waals surface area contributed by atoms with Crippen LogP contribution in [0.25, 0.3) is 0 Å². The molecule has 0 saturated carbocycles. The molecular weight excluding hydrogens is 272 g/mol. The molecule has 1 atom stereocenters. The highest BCUT2D eigenvalue weighted by Gasteiger charge is 2.15. The van der Waals surface area contributed by atoms with Gasteiger partial charge in [0.25, 0.3) is 5.69 Å². The Labute approximate surface area is 113 Å². The largest absolute Gasteiger partial charge is 0.360 e. The van der Waals surface area contributed by atoms with Crippen LogP contribution in [0.15, 0.2) is 18.5 Å². The van der Waals surface area contributed by atoms with Crippen LogP contribution >= 0.6 is 11.6 Å². The lowest BCUT2D eigenvalue weighted by atomic mass is 10.3. The van der Waals surface area contributed by atoms with Crippen LogP contribution in [0.4, 0.5) is 11.5 Å². The van der Waals surface area contributed by atoms with E-state index in [-0.39, 0.29) is 16.9 Å². The number of nitro groups is 1. The van der Waals surface area contributed by atoms with Gasteiger partial charge in [-0.3, -0.25) is 10.1 Å². The lowest BCUT2D eigenvalue weighted by Crippen LogP contribution is -2.13. The first-order chi connectivity index (χ1) is 8.97. The topological polar surface area (TPSA) is 98.8 Å². The van der Waals surface area contributed by atoms with Crippen molar-refractivity contribution in [3.8, 4) is 0 Å². The average molecular weight is 283 g/mol. The Morgan fingerprint density at radius 3 is 2.84 bits per heavy atom. The van der Waals surface area contributed by atoms with Crippen molar-refractivity contribution in [2.24, 2.45) is 7.05 Å². The van der Waals surface area contributed by atoms with E-state index in [9.17, 15) is 10.1 Å². The minimum Gasteiger partial charge on any atom is -0.360 e. The summed E-state index contributed by atoms with van der Waals surface area (Å²) in [4.78, 5) is 14.2. The maximum atomic E-state index is 10.7. The predicted octanol–water partition coefficient (Wildman–Crippen LogP) is 1.94. The van der Waals surface area contributed by atoms with Gasteiger partial charge in [-0.2, -0.15) is 0 Å². The van der Waals surface area contributed by atoms with Crippen molar-refractivity contribution in [3.63, 3.8) is 0 Å². The van der Waals surface area contributed by atoms with Crippen LogP contribution in [0.2, 0.25) is 5.15 Å². The molecule has 0 aliphatic heterocycles. The standard InChI is InChI=1S/C10H11ClN6O2/c1-6(10-15-12-5-16(10)2)13-9-4-7(17(18)19)3-8(11)14-9/h3-6H,1-2H3,(H,13,14). The summed E-state index contributed by atoms with van der Waals surface area (Å²) in [6, 6.07) is 2.30. The van der Waals surface area contributed by atoms with Crippen LogP contribution in [0.1, 0.15) is 18.8 Å². The Balaban J connectivity index is 2.24. The van der Waals surface area contributed by atoms with Gasteiger partial charge < -0.3 is 9.88 Å². The zero-order chi connectivity index (χ0) is 14.0. The highest BCUT2D eigenvalue weighted by molar-refractivity contribution is 6.29. The molecular formula is C10H11ClN6O2. The molecule has 0 amide bonds. The number of nitrogens with zero attached hydrogens (tertiary/aromatic N) is 5. The van der Waals surface area contributed by atoms with Crippen LogP contribution < -0.4 is 5.32 Å². The van der Waals surface area contributed by atoms with Crippen LogP contribution in [-0.4, -0.2) is 24.7 Å². The normalized spacial score (nSPS) is 12.2. The number of halogens is 1. The quantitative estimate of drug-likeness (QED) is 0.523. The van der Waals surface area contributed by atoms with Gasteiger partial charge in [-0.25, -0.2) is 4.98 Å². The third-order valence-corrected chi connectivity index (χ3v) is 2.68. The van der Waals surface area contributed by atoms with E-state index in [2.05, 4.69) is 20.5 Å². The lowest BCUT2D eigenvalue weighted by molar-refractivity contribution is -0.384. The number of anilines is 1. The fourth-order valence-corrected chi connectivity index (χ4v) is 1.84. The molecule has 100 valence electrons. The van der Waals surface area contributed by atoms with Gasteiger partial charge in [0.1, 0.15) is 17.3 Å². The van der Waals surface area contributed by atoms with E-state index < -0.39 is 4.92 Å². The van der Waals surface area contributed by atoms with E-state index in [0.717, 1.165) is 0 Å². The van der Waals surface area contributed by atoms with Crippen molar-refractivity contribution in [2.75, 3.05) is 5.32 Å². The molecule has 0 aliphatic rings. The van der Waals surface area contributed by atoms with Gasteiger partial charge >= 0.3 is 0 Å². The van der Waals surface area contributed by atoms with Gasteiger partial charge in [0, 0.05) is 7.05 Å². The van der Waals surface area contributed by atoms with E-state index in [1.807, 2.05) is 6.92 Å². The Kier molecular flexibility index (Phi) is 3.61. The molecule has 2 rings (SSSR count). The molecule has 2 aromatic rings. The molecule has 0 spiro atoms. The number of nitrogens with one attached hydrogen (secondary N) is 1. The number of pyridine rings is 1. The number of hydrogen-bond donors (Lipinski definition) is 1. The average Bonchev–Trinajstić information content (AvgIpc) is 2.74. The van der Waals surface area contributed by atoms with Crippen LogP contribution in [0.5, 0.6) is 0 Å². The van der Waals surface area contributed by atoms with Crippen LogP contribution in [-0.2, 0) is 7.05 Å². The fourth-order valence-electron chi connectivity index (χ4n) is 1.63. The molecule has 9 heteroatoms. The summed E-state index contributed by atoms with van der Waals surface area (Å²) in [6.07, 6.45) is 1.57. The maximum absolute atomic E-state index is 10.7. The highest BCUT2D eigenvalue weighted by atomic mass is 35.5. The van der Waals surface area contributed by atoms with E-state index in [0.29, 0.717) is 11.6 Å². The monoisotopic (exact) mass is 282 g/mol. The highest BCUT2D eigenvalue weighted by Crippen LogP contribution is 2.23. The summed E-state index contributed by atoms with van der Waals surface area (Å²) in [5.41, 5.74) is -0.118. The van der Waals surface area contributed by atoms with E-state index in [1.54, 1.807) is 17.9 Å². The number of rotatable bonds is 4. The van der Waals surface area contributed by atoms with Gasteiger partial charge in [-0.15, -0.1) is 10.2 Å². The number of hydrogen-bond acceptors (Lipinski definition) is 6. The van der Waals surface area contributed by atoms with Crippen molar-refractivity contribution in [1.29, 1.82) is 0 Å². The second-order valence-corrected chi connectivity index (χ2v) is 4.34. The first-order valence-corrected chi connectivity index (χ1v) is 5.77. The van der Waals surface area contributed by atoms with Crippen LogP contribution in [0.3, 0.4) is 0 Å². The lowest BCUT2D eigenvalue weighted by Gasteiger charge is -2.13. The van der Waals surface area contributed by atoms with E-state index in [4.69, 9.17) is 11.6 Å². The first-order valence-electron chi connectivity index (χ1n) is 5.40. The zero-order valence-electron chi connectivity index (χ0n) is 10.2. The third-order valence-electron chi connectivity index (χ3n) is 2.49. The molecule has 0 bridgehead atoms. The molecule has 1 unspecified atom stereocenters. The summed E-state index contributed by atoms with van der Waals surface area (Å²) in [5.74, 6) is 0.999. The fraction of sp³-hybridized carbons (Fsp3) is 0.300. The minimum atomic E-state index is -0.522. The van der Waals surface area contributed by atoms with Crippen molar-refractivity contribution in [3.05, 3.63) is 39.6 Å². The molecule has 19 heavy (non-hydrogen) atoms. The second kappa shape index (κ2) is 5.19. The Morgan fingerprint density at radius 1 is 1.53 bits per heavy atom. The predicted molar refractivity (Wildman–Crippen MR) is 68.9 cm³/mol. The molecule has 0 radical (unpaired) electrons. The van der Waals surface area contributed by atoms with Crippen molar-refractivity contribution in [1.82, 2.24) is 19.7 Å². The summed E-state index contributed by atoms with van der Waals surface area (Å²) in [6.45, 7) is 1.85. The summed E-state index contributed by atoms with van der Waals surface area (Å²) < 4.78 is 1.75. The SMILES string of the molecule is CC(Nc1cc([N+](=O)[O-])cc(Cl)n1)c1nncn1C. The van der Waals surface area contributed by atoms with Crippen molar-refractivity contribution < 1.29 is 4.92 Å².